The number of hydrogen-bond donors (Lipinski definition) is 1. The van der Waals surface area contributed by atoms with Crippen LogP contribution in [-0.2, 0) is 26.2 Å². The third kappa shape index (κ3) is 8.06. The molecule has 44 heavy (non-hydrogen) atoms. The van der Waals surface area contributed by atoms with Gasteiger partial charge in [0.2, 0.25) is 11.8 Å². The molecule has 1 N–H and O–H groups in total. The first-order valence-corrected chi connectivity index (χ1v) is 16.9. The van der Waals surface area contributed by atoms with E-state index in [0.29, 0.717) is 21.4 Å². The fourth-order valence-electron chi connectivity index (χ4n) is 5.33. The van der Waals surface area contributed by atoms with Crippen molar-refractivity contribution in [1.82, 2.24) is 10.2 Å². The Morgan fingerprint density at radius 1 is 0.932 bits per heavy atom. The fourth-order valence-corrected chi connectivity index (χ4v) is 7.07. The van der Waals surface area contributed by atoms with Crippen molar-refractivity contribution in [1.29, 1.82) is 0 Å². The van der Waals surface area contributed by atoms with E-state index in [1.165, 1.54) is 24.1 Å². The van der Waals surface area contributed by atoms with Crippen molar-refractivity contribution >= 4 is 50.7 Å². The number of carbonyl (C=O) groups excluding carboxylic acids is 2. The summed E-state index contributed by atoms with van der Waals surface area (Å²) < 4.78 is 34.9. The van der Waals surface area contributed by atoms with E-state index in [1.54, 1.807) is 55.5 Å². The van der Waals surface area contributed by atoms with Crippen LogP contribution >= 0.6 is 23.2 Å². The van der Waals surface area contributed by atoms with Crippen LogP contribution in [0.15, 0.2) is 65.6 Å². The van der Waals surface area contributed by atoms with Crippen LogP contribution in [0.5, 0.6) is 5.75 Å². The van der Waals surface area contributed by atoms with Crippen LogP contribution in [0.1, 0.15) is 55.7 Å². The molecule has 0 bridgehead atoms. The van der Waals surface area contributed by atoms with E-state index in [2.05, 4.69) is 5.32 Å². The highest BCUT2D eigenvalue weighted by molar-refractivity contribution is 7.92. The minimum absolute atomic E-state index is 0.0122. The highest BCUT2D eigenvalue weighted by Gasteiger charge is 2.34. The van der Waals surface area contributed by atoms with Crippen molar-refractivity contribution in [2.75, 3.05) is 18.0 Å². The molecule has 3 aromatic carbocycles. The van der Waals surface area contributed by atoms with Crippen molar-refractivity contribution in [3.05, 3.63) is 87.4 Å². The van der Waals surface area contributed by atoms with E-state index in [-0.39, 0.29) is 29.1 Å². The van der Waals surface area contributed by atoms with Gasteiger partial charge in [-0.05, 0) is 81.1 Å². The second-order valence-corrected chi connectivity index (χ2v) is 14.0. The molecule has 1 aliphatic carbocycles. The Morgan fingerprint density at radius 2 is 1.59 bits per heavy atom. The highest BCUT2D eigenvalue weighted by atomic mass is 35.5. The van der Waals surface area contributed by atoms with Gasteiger partial charge in [0, 0.05) is 12.6 Å². The van der Waals surface area contributed by atoms with Crippen LogP contribution in [-0.4, -0.2) is 50.9 Å². The molecule has 1 aliphatic rings. The molecule has 1 fully saturated rings. The van der Waals surface area contributed by atoms with Gasteiger partial charge in [0.05, 0.1) is 27.7 Å². The van der Waals surface area contributed by atoms with Gasteiger partial charge in [0.1, 0.15) is 18.3 Å². The first-order valence-electron chi connectivity index (χ1n) is 14.7. The topological polar surface area (TPSA) is 96.0 Å². The summed E-state index contributed by atoms with van der Waals surface area (Å²) in [5, 5.41) is 3.77. The number of benzene rings is 3. The number of nitrogens with one attached hydrogen (secondary N) is 1. The molecule has 1 saturated carbocycles. The molecule has 4 rings (SSSR count). The number of methoxy groups -OCH3 is 1. The zero-order valence-electron chi connectivity index (χ0n) is 25.5. The molecule has 236 valence electrons. The maximum Gasteiger partial charge on any atom is 0.264 e. The number of sulfonamides is 1. The summed E-state index contributed by atoms with van der Waals surface area (Å²) >= 11 is 12.4. The van der Waals surface area contributed by atoms with E-state index in [1.807, 2.05) is 13.8 Å². The zero-order valence-corrected chi connectivity index (χ0v) is 27.8. The molecule has 0 aromatic heterocycles. The Bertz CT molecular complexity index is 1590. The first-order chi connectivity index (χ1) is 20.9. The molecule has 0 radical (unpaired) electrons. The molecule has 0 heterocycles. The summed E-state index contributed by atoms with van der Waals surface area (Å²) in [5.41, 5.74) is 2.54. The van der Waals surface area contributed by atoms with Crippen LogP contribution in [0.4, 0.5) is 5.69 Å². The molecule has 11 heteroatoms. The van der Waals surface area contributed by atoms with Gasteiger partial charge in [-0.2, -0.15) is 0 Å². The van der Waals surface area contributed by atoms with Gasteiger partial charge in [-0.25, -0.2) is 8.42 Å². The van der Waals surface area contributed by atoms with Crippen molar-refractivity contribution in [3.8, 4) is 5.75 Å². The highest BCUT2D eigenvalue weighted by Crippen LogP contribution is 2.34. The number of ether oxygens (including phenoxy) is 1. The predicted octanol–water partition coefficient (Wildman–Crippen LogP) is 6.68. The second kappa shape index (κ2) is 14.7. The third-order valence-electron chi connectivity index (χ3n) is 7.95. The van der Waals surface area contributed by atoms with Crippen LogP contribution in [0.25, 0.3) is 0 Å². The number of aryl methyl sites for hydroxylation is 2. The number of nitrogens with zero attached hydrogens (tertiary/aromatic N) is 2. The molecular weight excluding hydrogens is 621 g/mol. The lowest BCUT2D eigenvalue weighted by Crippen LogP contribution is -2.53. The molecule has 2 amide bonds. The SMILES string of the molecule is COc1ccc(C)cc1N(CC(=O)N(Cc1ccc(Cl)c(Cl)c1)[C@H](C)C(=O)NC1CCCCC1)S(=O)(=O)c1ccc(C)cc1. The van der Waals surface area contributed by atoms with E-state index >= 15 is 0 Å². The maximum absolute atomic E-state index is 14.3. The van der Waals surface area contributed by atoms with Crippen LogP contribution in [0.3, 0.4) is 0 Å². The van der Waals surface area contributed by atoms with Gasteiger partial charge in [-0.15, -0.1) is 0 Å². The summed E-state index contributed by atoms with van der Waals surface area (Å²) in [6.45, 7) is 4.79. The Labute approximate surface area is 270 Å². The van der Waals surface area contributed by atoms with Gasteiger partial charge in [0.15, 0.2) is 0 Å². The van der Waals surface area contributed by atoms with Crippen LogP contribution in [0.2, 0.25) is 10.0 Å². The molecular formula is C33H39Cl2N3O5S. The minimum atomic E-state index is -4.24. The summed E-state index contributed by atoms with van der Waals surface area (Å²) in [7, 11) is -2.79. The van der Waals surface area contributed by atoms with Gasteiger partial charge in [-0.1, -0.05) is 72.3 Å². The maximum atomic E-state index is 14.3. The second-order valence-electron chi connectivity index (χ2n) is 11.3. The van der Waals surface area contributed by atoms with Gasteiger partial charge in [-0.3, -0.25) is 13.9 Å². The Kier molecular flexibility index (Phi) is 11.2. The molecule has 0 aliphatic heterocycles. The number of halogens is 2. The molecule has 0 unspecified atom stereocenters. The lowest BCUT2D eigenvalue weighted by molar-refractivity contribution is -0.139. The number of rotatable bonds is 11. The largest absolute Gasteiger partial charge is 0.495 e. The lowest BCUT2D eigenvalue weighted by atomic mass is 9.95. The summed E-state index contributed by atoms with van der Waals surface area (Å²) in [6, 6.07) is 15.7. The third-order valence-corrected chi connectivity index (χ3v) is 10.5. The summed E-state index contributed by atoms with van der Waals surface area (Å²) in [5.74, 6) is -0.578. The normalized spacial score (nSPS) is 14.5. The minimum Gasteiger partial charge on any atom is -0.495 e. The molecule has 0 spiro atoms. The average molecular weight is 661 g/mol. The predicted molar refractivity (Wildman–Crippen MR) is 175 cm³/mol. The zero-order chi connectivity index (χ0) is 32.0. The monoisotopic (exact) mass is 659 g/mol. The number of anilines is 1. The number of hydrogen-bond acceptors (Lipinski definition) is 5. The van der Waals surface area contributed by atoms with Gasteiger partial charge < -0.3 is 15.0 Å². The van der Waals surface area contributed by atoms with Crippen molar-refractivity contribution < 1.29 is 22.7 Å². The van der Waals surface area contributed by atoms with Crippen molar-refractivity contribution in [3.63, 3.8) is 0 Å². The quantitative estimate of drug-likeness (QED) is 0.248. The molecule has 8 nitrogen and oxygen atoms in total. The average Bonchev–Trinajstić information content (AvgIpc) is 3.00. The smallest absolute Gasteiger partial charge is 0.264 e. The Morgan fingerprint density at radius 3 is 2.23 bits per heavy atom. The Balaban J connectivity index is 1.74. The van der Waals surface area contributed by atoms with Crippen molar-refractivity contribution in [2.45, 2.75) is 76.4 Å². The number of amides is 2. The standard InChI is InChI=1S/C33H39Cl2N3O5S/c1-22-10-14-27(15-11-22)44(41,42)38(30-18-23(2)12-17-31(30)43-4)21-32(39)37(20-25-13-16-28(34)29(35)19-25)24(3)33(40)36-26-8-6-5-7-9-26/h10-19,24,26H,5-9,20-21H2,1-4H3,(H,36,40)/t24-/m1/s1. The lowest BCUT2D eigenvalue weighted by Gasteiger charge is -2.33. The van der Waals surface area contributed by atoms with Crippen LogP contribution in [0, 0.1) is 13.8 Å². The molecule has 0 saturated heterocycles. The summed E-state index contributed by atoms with van der Waals surface area (Å²) in [4.78, 5) is 29.2. The van der Waals surface area contributed by atoms with Gasteiger partial charge >= 0.3 is 0 Å². The van der Waals surface area contributed by atoms with E-state index in [0.717, 1.165) is 47.5 Å². The molecule has 3 aromatic rings. The van der Waals surface area contributed by atoms with Crippen LogP contribution < -0.4 is 14.4 Å². The van der Waals surface area contributed by atoms with Crippen molar-refractivity contribution in [2.24, 2.45) is 0 Å². The molecule has 1 atom stereocenters. The van der Waals surface area contributed by atoms with E-state index in [9.17, 15) is 18.0 Å². The first kappa shape index (κ1) is 33.6. The summed E-state index contributed by atoms with van der Waals surface area (Å²) in [6.07, 6.45) is 4.98. The Hall–Kier alpha value is -3.27. The number of carbonyl (C=O) groups is 2. The van der Waals surface area contributed by atoms with Gasteiger partial charge in [0.25, 0.3) is 10.0 Å². The van der Waals surface area contributed by atoms with E-state index in [4.69, 9.17) is 27.9 Å². The van der Waals surface area contributed by atoms with E-state index < -0.39 is 28.5 Å². The fraction of sp³-hybridized carbons (Fsp3) is 0.394.